The maximum absolute atomic E-state index is 10.9. The van der Waals surface area contributed by atoms with Crippen LogP contribution >= 0.6 is 0 Å². The molecule has 0 heterocycles. The maximum atomic E-state index is 10.9. The van der Waals surface area contributed by atoms with Gasteiger partial charge in [-0.05, 0) is 44.9 Å². The lowest BCUT2D eigenvalue weighted by atomic mass is 10.1. The number of esters is 1. The molecule has 16 heavy (non-hydrogen) atoms. The van der Waals surface area contributed by atoms with E-state index in [4.69, 9.17) is 4.74 Å². The second-order valence-electron chi connectivity index (χ2n) is 4.26. The second-order valence-corrected chi connectivity index (χ2v) is 4.26. The molecule has 0 aromatic rings. The third kappa shape index (κ3) is 6.44. The van der Waals surface area contributed by atoms with Crippen LogP contribution in [-0.2, 0) is 9.53 Å². The fourth-order valence-corrected chi connectivity index (χ4v) is 1.91. The average Bonchev–Trinajstić information content (AvgIpc) is 2.21. The summed E-state index contributed by atoms with van der Waals surface area (Å²) < 4.78 is 5.30. The van der Waals surface area contributed by atoms with Gasteiger partial charge in [-0.3, -0.25) is 4.79 Å². The van der Waals surface area contributed by atoms with E-state index in [2.05, 4.69) is 24.3 Å². The van der Waals surface area contributed by atoms with Crippen molar-refractivity contribution in [3.8, 4) is 0 Å². The molecule has 0 saturated carbocycles. The van der Waals surface area contributed by atoms with Crippen molar-refractivity contribution in [3.05, 3.63) is 24.3 Å². The third-order valence-corrected chi connectivity index (χ3v) is 2.72. The van der Waals surface area contributed by atoms with E-state index >= 15 is 0 Å². The van der Waals surface area contributed by atoms with E-state index < -0.39 is 0 Å². The van der Waals surface area contributed by atoms with Gasteiger partial charge in [-0.25, -0.2) is 0 Å². The minimum Gasteiger partial charge on any atom is -0.463 e. The Morgan fingerprint density at radius 3 is 2.31 bits per heavy atom. The zero-order valence-corrected chi connectivity index (χ0v) is 10.2. The number of allylic oxidation sites excluding steroid dienone is 4. The molecule has 2 nitrogen and oxygen atoms in total. The quantitative estimate of drug-likeness (QED) is 0.498. The van der Waals surface area contributed by atoms with Gasteiger partial charge in [0, 0.05) is 6.92 Å². The molecule has 0 saturated heterocycles. The van der Waals surface area contributed by atoms with Gasteiger partial charge in [-0.2, -0.15) is 0 Å². The van der Waals surface area contributed by atoms with E-state index in [9.17, 15) is 4.79 Å². The summed E-state index contributed by atoms with van der Waals surface area (Å²) >= 11 is 0. The molecule has 1 aliphatic carbocycles. The molecule has 0 amide bonds. The van der Waals surface area contributed by atoms with Crippen LogP contribution in [0.25, 0.3) is 0 Å². The van der Waals surface area contributed by atoms with Crippen LogP contribution in [-0.4, -0.2) is 12.1 Å². The van der Waals surface area contributed by atoms with Crippen molar-refractivity contribution in [3.63, 3.8) is 0 Å². The van der Waals surface area contributed by atoms with Gasteiger partial charge in [0.15, 0.2) is 0 Å². The summed E-state index contributed by atoms with van der Waals surface area (Å²) in [4.78, 5) is 10.9. The molecule has 0 aliphatic heterocycles. The van der Waals surface area contributed by atoms with E-state index in [1.165, 1.54) is 6.92 Å². The second kappa shape index (κ2) is 8.14. The number of rotatable bonds is 1. The average molecular weight is 222 g/mol. The van der Waals surface area contributed by atoms with Crippen molar-refractivity contribution >= 4 is 5.97 Å². The molecule has 0 bridgehead atoms. The highest BCUT2D eigenvalue weighted by Gasteiger charge is 2.10. The van der Waals surface area contributed by atoms with Crippen LogP contribution in [0.2, 0.25) is 0 Å². The van der Waals surface area contributed by atoms with Gasteiger partial charge in [0.1, 0.15) is 6.10 Å². The Morgan fingerprint density at radius 1 is 1.00 bits per heavy atom. The Hall–Kier alpha value is -1.05. The summed E-state index contributed by atoms with van der Waals surface area (Å²) in [5.41, 5.74) is 0. The van der Waals surface area contributed by atoms with Gasteiger partial charge in [0.25, 0.3) is 0 Å². The lowest BCUT2D eigenvalue weighted by Gasteiger charge is -2.15. The Bertz CT molecular complexity index is 253. The van der Waals surface area contributed by atoms with Crippen LogP contribution < -0.4 is 0 Å². The molecule has 0 spiro atoms. The topological polar surface area (TPSA) is 26.3 Å². The van der Waals surface area contributed by atoms with Crippen LogP contribution in [0.15, 0.2) is 24.3 Å². The fraction of sp³-hybridized carbons (Fsp3) is 0.643. The van der Waals surface area contributed by atoms with E-state index in [1.807, 2.05) is 0 Å². The zero-order valence-electron chi connectivity index (χ0n) is 10.2. The number of hydrogen-bond donors (Lipinski definition) is 0. The summed E-state index contributed by atoms with van der Waals surface area (Å²) in [5, 5.41) is 0. The molecule has 0 aromatic heterocycles. The Kier molecular flexibility index (Phi) is 6.62. The van der Waals surface area contributed by atoms with Gasteiger partial charge < -0.3 is 4.74 Å². The summed E-state index contributed by atoms with van der Waals surface area (Å²) in [5.74, 6) is -0.156. The first-order valence-corrected chi connectivity index (χ1v) is 6.26. The number of carbonyl (C=O) groups is 1. The predicted octanol–water partition coefficient (Wildman–Crippen LogP) is 3.77. The van der Waals surface area contributed by atoms with Gasteiger partial charge in [0.05, 0.1) is 0 Å². The molecule has 0 aromatic carbocycles. The minimum atomic E-state index is -0.156. The standard InChI is InChI=1S/C14H22O2/c1-13(15)16-14-11-9-7-5-3-2-4-6-8-10-12-14/h3,5-6,8,14H,2,4,7,9-12H2,1H3/b5-3+,8-6+. The van der Waals surface area contributed by atoms with E-state index in [-0.39, 0.29) is 12.1 Å². The fourth-order valence-electron chi connectivity index (χ4n) is 1.91. The SMILES string of the molecule is CC(=O)OC1CC/C=C/CC/C=C/CCC1. The number of carbonyl (C=O) groups excluding carboxylic acids is 1. The Labute approximate surface area is 98.4 Å². The first-order valence-electron chi connectivity index (χ1n) is 6.26. The molecular weight excluding hydrogens is 200 g/mol. The Morgan fingerprint density at radius 2 is 1.62 bits per heavy atom. The molecule has 1 unspecified atom stereocenters. The summed E-state index contributed by atoms with van der Waals surface area (Å²) in [6, 6.07) is 0. The summed E-state index contributed by atoms with van der Waals surface area (Å²) in [6.07, 6.45) is 16.4. The predicted molar refractivity (Wildman–Crippen MR) is 66.2 cm³/mol. The van der Waals surface area contributed by atoms with Crippen molar-refractivity contribution in [2.24, 2.45) is 0 Å². The van der Waals surface area contributed by atoms with Crippen molar-refractivity contribution in [1.29, 1.82) is 0 Å². The van der Waals surface area contributed by atoms with Crippen LogP contribution in [0.5, 0.6) is 0 Å². The number of hydrogen-bond acceptors (Lipinski definition) is 2. The van der Waals surface area contributed by atoms with Crippen molar-refractivity contribution in [1.82, 2.24) is 0 Å². The van der Waals surface area contributed by atoms with Crippen LogP contribution in [0.4, 0.5) is 0 Å². The van der Waals surface area contributed by atoms with Crippen LogP contribution in [0.3, 0.4) is 0 Å². The lowest BCUT2D eigenvalue weighted by molar-refractivity contribution is -0.146. The molecule has 1 atom stereocenters. The number of ether oxygens (including phenoxy) is 1. The molecular formula is C14H22O2. The van der Waals surface area contributed by atoms with Gasteiger partial charge in [-0.15, -0.1) is 0 Å². The highest BCUT2D eigenvalue weighted by Crippen LogP contribution is 2.13. The molecule has 2 heteroatoms. The van der Waals surface area contributed by atoms with Crippen molar-refractivity contribution in [2.75, 3.05) is 0 Å². The van der Waals surface area contributed by atoms with E-state index in [0.717, 1.165) is 44.9 Å². The largest absolute Gasteiger partial charge is 0.463 e. The lowest BCUT2D eigenvalue weighted by Crippen LogP contribution is -2.16. The minimum absolute atomic E-state index is 0.106. The zero-order chi connectivity index (χ0) is 11.6. The Balaban J connectivity index is 2.40. The monoisotopic (exact) mass is 222 g/mol. The highest BCUT2D eigenvalue weighted by molar-refractivity contribution is 5.66. The maximum Gasteiger partial charge on any atom is 0.302 e. The first-order chi connectivity index (χ1) is 7.79. The highest BCUT2D eigenvalue weighted by atomic mass is 16.5. The van der Waals surface area contributed by atoms with Crippen LogP contribution in [0.1, 0.15) is 51.9 Å². The smallest absolute Gasteiger partial charge is 0.302 e. The normalized spacial score (nSPS) is 27.2. The van der Waals surface area contributed by atoms with E-state index in [1.54, 1.807) is 0 Å². The first kappa shape index (κ1) is 13.0. The van der Waals surface area contributed by atoms with E-state index in [0.29, 0.717) is 0 Å². The van der Waals surface area contributed by atoms with Gasteiger partial charge in [-0.1, -0.05) is 24.3 Å². The molecule has 0 fully saturated rings. The summed E-state index contributed by atoms with van der Waals surface area (Å²) in [7, 11) is 0. The molecule has 1 aliphatic rings. The molecule has 1 rings (SSSR count). The third-order valence-electron chi connectivity index (χ3n) is 2.72. The molecule has 0 radical (unpaired) electrons. The van der Waals surface area contributed by atoms with Crippen molar-refractivity contribution < 1.29 is 9.53 Å². The van der Waals surface area contributed by atoms with Crippen molar-refractivity contribution in [2.45, 2.75) is 58.0 Å². The van der Waals surface area contributed by atoms with Crippen LogP contribution in [0, 0.1) is 0 Å². The molecule has 0 N–H and O–H groups in total. The molecule has 90 valence electrons. The summed E-state index contributed by atoms with van der Waals surface area (Å²) in [6.45, 7) is 1.49. The van der Waals surface area contributed by atoms with Gasteiger partial charge in [0.2, 0.25) is 0 Å². The van der Waals surface area contributed by atoms with Gasteiger partial charge >= 0.3 is 5.97 Å².